The molecule has 1 aromatic carbocycles. The summed E-state index contributed by atoms with van der Waals surface area (Å²) in [5.74, 6) is 1.38. The Hall–Kier alpha value is -3.36. The molecule has 0 aliphatic carbocycles. The van der Waals surface area contributed by atoms with Crippen LogP contribution in [0.25, 0.3) is 11.3 Å². The van der Waals surface area contributed by atoms with Crippen molar-refractivity contribution in [2.45, 2.75) is 45.8 Å². The number of rotatable bonds is 6. The van der Waals surface area contributed by atoms with Gasteiger partial charge < -0.3 is 10.1 Å². The molecule has 2 aromatic heterocycles. The van der Waals surface area contributed by atoms with Crippen LogP contribution in [0.5, 0.6) is 5.75 Å². The highest BCUT2D eigenvalue weighted by atomic mass is 16.5. The molecule has 2 N–H and O–H groups in total. The summed E-state index contributed by atoms with van der Waals surface area (Å²) in [5.41, 5.74) is 2.62. The van der Waals surface area contributed by atoms with Gasteiger partial charge in [0.25, 0.3) is 0 Å². The van der Waals surface area contributed by atoms with E-state index < -0.39 is 0 Å². The van der Waals surface area contributed by atoms with E-state index in [2.05, 4.69) is 20.6 Å². The van der Waals surface area contributed by atoms with Crippen LogP contribution in [0.2, 0.25) is 0 Å². The van der Waals surface area contributed by atoms with Crippen molar-refractivity contribution in [1.29, 1.82) is 0 Å². The molecule has 1 aliphatic heterocycles. The van der Waals surface area contributed by atoms with E-state index in [1.54, 1.807) is 17.9 Å². The van der Waals surface area contributed by atoms with Crippen LogP contribution in [0.3, 0.4) is 0 Å². The van der Waals surface area contributed by atoms with Crippen molar-refractivity contribution in [2.75, 3.05) is 7.11 Å². The predicted octanol–water partition coefficient (Wildman–Crippen LogP) is 1.73. The average molecular weight is 410 g/mol. The highest BCUT2D eigenvalue weighted by molar-refractivity contribution is 5.79. The molecule has 1 unspecified atom stereocenters. The number of fused-ring (bicyclic) bond motifs is 1. The summed E-state index contributed by atoms with van der Waals surface area (Å²) >= 11 is 0. The number of hydrogen-bond acceptors (Lipinski definition) is 5. The maximum atomic E-state index is 12.8. The predicted molar refractivity (Wildman–Crippen MR) is 111 cm³/mol. The molecule has 3 heterocycles. The molecular weight excluding hydrogens is 384 g/mol. The third-order valence-electron chi connectivity index (χ3n) is 5.62. The van der Waals surface area contributed by atoms with Crippen LogP contribution < -0.4 is 15.7 Å². The zero-order chi connectivity index (χ0) is 21.1. The fraction of sp³-hybridized carbons (Fsp3) is 0.429. The van der Waals surface area contributed by atoms with Crippen LogP contribution >= 0.6 is 0 Å². The Morgan fingerprint density at radius 3 is 3.03 bits per heavy atom. The zero-order valence-electron chi connectivity index (χ0n) is 17.2. The number of benzene rings is 1. The summed E-state index contributed by atoms with van der Waals surface area (Å²) in [4.78, 5) is 25.1. The molecule has 158 valence electrons. The Bertz CT molecular complexity index is 1100. The van der Waals surface area contributed by atoms with Crippen LogP contribution in [-0.4, -0.2) is 37.6 Å². The Balaban J connectivity index is 1.40. The van der Waals surface area contributed by atoms with Gasteiger partial charge in [-0.2, -0.15) is 10.2 Å². The van der Waals surface area contributed by atoms with E-state index >= 15 is 0 Å². The van der Waals surface area contributed by atoms with E-state index in [1.165, 1.54) is 4.68 Å². The molecule has 0 radical (unpaired) electrons. The first-order valence-electron chi connectivity index (χ1n) is 10.2. The van der Waals surface area contributed by atoms with Crippen LogP contribution in [0, 0.1) is 5.92 Å². The van der Waals surface area contributed by atoms with E-state index in [1.807, 2.05) is 31.2 Å². The number of nitrogens with zero attached hydrogens (tertiary/aromatic N) is 4. The maximum Gasteiger partial charge on any atom is 0.345 e. The molecule has 9 heteroatoms. The molecule has 1 atom stereocenters. The van der Waals surface area contributed by atoms with Crippen LogP contribution in [0.4, 0.5) is 0 Å². The van der Waals surface area contributed by atoms with E-state index in [4.69, 9.17) is 4.74 Å². The lowest BCUT2D eigenvalue weighted by molar-refractivity contribution is -0.125. The second-order valence-corrected chi connectivity index (χ2v) is 7.41. The summed E-state index contributed by atoms with van der Waals surface area (Å²) in [6, 6.07) is 7.69. The fourth-order valence-corrected chi connectivity index (χ4v) is 3.90. The summed E-state index contributed by atoms with van der Waals surface area (Å²) < 4.78 is 8.47. The van der Waals surface area contributed by atoms with E-state index in [9.17, 15) is 9.59 Å². The van der Waals surface area contributed by atoms with Gasteiger partial charge in [0.2, 0.25) is 5.91 Å². The van der Waals surface area contributed by atoms with Gasteiger partial charge in [-0.1, -0.05) is 12.1 Å². The highest BCUT2D eigenvalue weighted by Gasteiger charge is 2.25. The molecule has 0 fully saturated rings. The lowest BCUT2D eigenvalue weighted by Gasteiger charge is -2.14. The highest BCUT2D eigenvalue weighted by Crippen LogP contribution is 2.25. The average Bonchev–Trinajstić information content (AvgIpc) is 3.29. The van der Waals surface area contributed by atoms with E-state index in [-0.39, 0.29) is 17.5 Å². The van der Waals surface area contributed by atoms with Gasteiger partial charge in [0.1, 0.15) is 11.6 Å². The second kappa shape index (κ2) is 8.56. The maximum absolute atomic E-state index is 12.8. The molecule has 4 rings (SSSR count). The van der Waals surface area contributed by atoms with Crippen LogP contribution in [0.15, 0.2) is 35.3 Å². The lowest BCUT2D eigenvalue weighted by Crippen LogP contribution is -2.31. The SMILES string of the molecule is CCn1nc2n(c1=O)CCC(C(=O)NCc1cn[nH]c1-c1cccc(OC)c1)CC2. The van der Waals surface area contributed by atoms with Crippen molar-refractivity contribution < 1.29 is 9.53 Å². The lowest BCUT2D eigenvalue weighted by atomic mass is 9.99. The summed E-state index contributed by atoms with van der Waals surface area (Å²) in [6.07, 6.45) is 3.66. The normalized spacial score (nSPS) is 16.0. The molecule has 0 bridgehead atoms. The quantitative estimate of drug-likeness (QED) is 0.644. The van der Waals surface area contributed by atoms with Gasteiger partial charge in [-0.3, -0.25) is 14.5 Å². The molecule has 1 amide bonds. The summed E-state index contributed by atoms with van der Waals surface area (Å²) in [6.45, 7) is 3.36. The third kappa shape index (κ3) is 3.87. The number of aryl methyl sites for hydroxylation is 2. The molecule has 0 saturated carbocycles. The van der Waals surface area contributed by atoms with Gasteiger partial charge >= 0.3 is 5.69 Å². The minimum absolute atomic E-state index is 0.00522. The number of H-pyrrole nitrogens is 1. The van der Waals surface area contributed by atoms with Gasteiger partial charge in [-0.15, -0.1) is 0 Å². The monoisotopic (exact) mass is 410 g/mol. The van der Waals surface area contributed by atoms with Crippen molar-refractivity contribution in [3.05, 3.63) is 52.3 Å². The number of nitrogens with one attached hydrogen (secondary N) is 2. The first-order valence-corrected chi connectivity index (χ1v) is 10.2. The zero-order valence-corrected chi connectivity index (χ0v) is 17.2. The molecule has 0 spiro atoms. The fourth-order valence-electron chi connectivity index (χ4n) is 3.90. The first kappa shape index (κ1) is 19.9. The minimum Gasteiger partial charge on any atom is -0.497 e. The summed E-state index contributed by atoms with van der Waals surface area (Å²) in [7, 11) is 1.63. The Labute approximate surface area is 174 Å². The number of carbonyl (C=O) groups is 1. The number of amides is 1. The first-order chi connectivity index (χ1) is 14.6. The van der Waals surface area contributed by atoms with Crippen molar-refractivity contribution >= 4 is 5.91 Å². The number of aromatic amines is 1. The van der Waals surface area contributed by atoms with Crippen molar-refractivity contribution in [1.82, 2.24) is 29.9 Å². The third-order valence-corrected chi connectivity index (χ3v) is 5.62. The standard InChI is InChI=1S/C21H26N6O3/c1-3-27-21(29)26-10-9-14(7-8-18(26)25-27)20(28)22-12-16-13-23-24-19(16)15-5-4-6-17(11-15)30-2/h4-6,11,13-14H,3,7-10,12H2,1-2H3,(H,22,28)(H,23,24). The Kier molecular flexibility index (Phi) is 5.69. The van der Waals surface area contributed by atoms with Crippen molar-refractivity contribution in [3.8, 4) is 17.0 Å². The Morgan fingerprint density at radius 1 is 1.37 bits per heavy atom. The van der Waals surface area contributed by atoms with Gasteiger partial charge in [0, 0.05) is 43.1 Å². The smallest absolute Gasteiger partial charge is 0.345 e. The van der Waals surface area contributed by atoms with Gasteiger partial charge in [-0.05, 0) is 31.9 Å². The van der Waals surface area contributed by atoms with Gasteiger partial charge in [0.15, 0.2) is 0 Å². The molecule has 1 aliphatic rings. The number of hydrogen-bond donors (Lipinski definition) is 2. The minimum atomic E-state index is -0.145. The molecule has 0 saturated heterocycles. The van der Waals surface area contributed by atoms with Crippen molar-refractivity contribution in [2.24, 2.45) is 5.92 Å². The van der Waals surface area contributed by atoms with Gasteiger partial charge in [-0.25, -0.2) is 9.48 Å². The van der Waals surface area contributed by atoms with Crippen LogP contribution in [-0.2, 0) is 30.8 Å². The molecule has 30 heavy (non-hydrogen) atoms. The number of aromatic nitrogens is 5. The van der Waals surface area contributed by atoms with E-state index in [0.717, 1.165) is 28.4 Å². The second-order valence-electron chi connectivity index (χ2n) is 7.41. The molecule has 3 aromatic rings. The van der Waals surface area contributed by atoms with Crippen molar-refractivity contribution in [3.63, 3.8) is 0 Å². The largest absolute Gasteiger partial charge is 0.497 e. The summed E-state index contributed by atoms with van der Waals surface area (Å²) in [5, 5.41) is 14.6. The number of carbonyl (C=O) groups excluding carboxylic acids is 1. The molecular formula is C21H26N6O3. The van der Waals surface area contributed by atoms with E-state index in [0.29, 0.717) is 38.9 Å². The van der Waals surface area contributed by atoms with Crippen LogP contribution in [0.1, 0.15) is 31.2 Å². The topological polar surface area (TPSA) is 107 Å². The van der Waals surface area contributed by atoms with Gasteiger partial charge in [0.05, 0.1) is 19.0 Å². The number of ether oxygens (including phenoxy) is 1. The number of methoxy groups -OCH3 is 1. The Morgan fingerprint density at radius 2 is 2.23 bits per heavy atom. The molecule has 9 nitrogen and oxygen atoms in total.